The minimum absolute atomic E-state index is 0.0872. The van der Waals surface area contributed by atoms with Crippen molar-refractivity contribution in [2.75, 3.05) is 0 Å². The van der Waals surface area contributed by atoms with E-state index in [4.69, 9.17) is 17.3 Å². The van der Waals surface area contributed by atoms with E-state index in [1.165, 1.54) is 12.1 Å². The van der Waals surface area contributed by atoms with Gasteiger partial charge >= 0.3 is 0 Å². The molecule has 2 aromatic rings. The number of hydrogen-bond donors (Lipinski definition) is 1. The quantitative estimate of drug-likeness (QED) is 0.915. The second kappa shape index (κ2) is 6.17. The van der Waals surface area contributed by atoms with Crippen LogP contribution in [0.1, 0.15) is 24.7 Å². The molecule has 1 aromatic carbocycles. The number of benzene rings is 1. The molecule has 102 valence electrons. The van der Waals surface area contributed by atoms with Crippen molar-refractivity contribution in [3.05, 3.63) is 52.8 Å². The highest BCUT2D eigenvalue weighted by molar-refractivity contribution is 6.31. The Morgan fingerprint density at radius 3 is 3.00 bits per heavy atom. The first-order valence-corrected chi connectivity index (χ1v) is 6.67. The molecule has 1 aromatic heterocycles. The van der Waals surface area contributed by atoms with Gasteiger partial charge in [-0.1, -0.05) is 18.5 Å². The Morgan fingerprint density at radius 1 is 1.47 bits per heavy atom. The molecule has 0 saturated carbocycles. The molecular formula is C14H17ClFN3. The van der Waals surface area contributed by atoms with Gasteiger partial charge in [-0.3, -0.25) is 0 Å². The van der Waals surface area contributed by atoms with E-state index in [1.807, 2.05) is 17.7 Å². The third kappa shape index (κ3) is 3.55. The van der Waals surface area contributed by atoms with Crippen molar-refractivity contribution in [1.29, 1.82) is 0 Å². The summed E-state index contributed by atoms with van der Waals surface area (Å²) in [6.45, 7) is 2.55. The molecule has 0 aliphatic carbocycles. The lowest BCUT2D eigenvalue weighted by molar-refractivity contribution is 0.594. The fourth-order valence-corrected chi connectivity index (χ4v) is 2.08. The van der Waals surface area contributed by atoms with Crippen LogP contribution in [0.25, 0.3) is 0 Å². The second-order valence-electron chi connectivity index (χ2n) is 4.58. The molecule has 1 heterocycles. The Balaban J connectivity index is 2.19. The highest BCUT2D eigenvalue weighted by Crippen LogP contribution is 2.19. The first kappa shape index (κ1) is 14.0. The number of nitrogens with two attached hydrogens (primary N) is 1. The fraction of sp³-hybridized carbons (Fsp3) is 0.357. The van der Waals surface area contributed by atoms with Crippen molar-refractivity contribution in [1.82, 2.24) is 9.55 Å². The molecule has 0 amide bonds. The first-order valence-electron chi connectivity index (χ1n) is 6.29. The van der Waals surface area contributed by atoms with E-state index in [2.05, 4.69) is 4.98 Å². The predicted octanol–water partition coefficient (Wildman–Crippen LogP) is 3.00. The lowest BCUT2D eigenvalue weighted by atomic mass is 10.1. The summed E-state index contributed by atoms with van der Waals surface area (Å²) < 4.78 is 15.2. The molecule has 2 N–H and O–H groups in total. The molecule has 0 radical (unpaired) electrons. The topological polar surface area (TPSA) is 43.8 Å². The molecule has 0 fully saturated rings. The van der Waals surface area contributed by atoms with Crippen LogP contribution in [-0.4, -0.2) is 15.6 Å². The van der Waals surface area contributed by atoms with E-state index in [-0.39, 0.29) is 11.9 Å². The molecule has 0 spiro atoms. The van der Waals surface area contributed by atoms with Crippen LogP contribution >= 0.6 is 11.6 Å². The molecule has 5 heteroatoms. The average Bonchev–Trinajstić information content (AvgIpc) is 2.81. The van der Waals surface area contributed by atoms with Crippen LogP contribution in [0.4, 0.5) is 4.39 Å². The monoisotopic (exact) mass is 281 g/mol. The zero-order chi connectivity index (χ0) is 13.8. The van der Waals surface area contributed by atoms with Crippen LogP contribution in [-0.2, 0) is 13.0 Å². The van der Waals surface area contributed by atoms with Crippen LogP contribution in [0.3, 0.4) is 0 Å². The minimum Gasteiger partial charge on any atom is -0.330 e. The standard InChI is InChI=1S/C14H17ClFN3/c1-2-12(17)8-14-18-5-6-19(14)9-10-7-11(16)3-4-13(10)15/h3-7,12H,2,8-9,17H2,1H3. The van der Waals surface area contributed by atoms with Crippen molar-refractivity contribution in [2.24, 2.45) is 5.73 Å². The summed E-state index contributed by atoms with van der Waals surface area (Å²) in [4.78, 5) is 4.30. The summed E-state index contributed by atoms with van der Waals surface area (Å²) in [6.07, 6.45) is 5.19. The summed E-state index contributed by atoms with van der Waals surface area (Å²) in [5, 5.41) is 0.556. The minimum atomic E-state index is -0.286. The van der Waals surface area contributed by atoms with E-state index in [0.717, 1.165) is 17.8 Å². The summed E-state index contributed by atoms with van der Waals surface area (Å²) >= 11 is 6.07. The molecule has 19 heavy (non-hydrogen) atoms. The van der Waals surface area contributed by atoms with Gasteiger partial charge in [-0.2, -0.15) is 0 Å². The summed E-state index contributed by atoms with van der Waals surface area (Å²) in [6, 6.07) is 4.46. The molecule has 1 atom stereocenters. The van der Waals surface area contributed by atoms with Crippen molar-refractivity contribution in [3.63, 3.8) is 0 Å². The van der Waals surface area contributed by atoms with Gasteiger partial charge in [-0.15, -0.1) is 0 Å². The molecule has 1 unspecified atom stereocenters. The number of halogens is 2. The highest BCUT2D eigenvalue weighted by Gasteiger charge is 2.10. The Kier molecular flexibility index (Phi) is 4.56. The predicted molar refractivity (Wildman–Crippen MR) is 74.7 cm³/mol. The van der Waals surface area contributed by atoms with E-state index in [9.17, 15) is 4.39 Å². The molecular weight excluding hydrogens is 265 g/mol. The van der Waals surface area contributed by atoms with Crippen molar-refractivity contribution < 1.29 is 4.39 Å². The zero-order valence-electron chi connectivity index (χ0n) is 10.8. The van der Waals surface area contributed by atoms with E-state index < -0.39 is 0 Å². The maximum atomic E-state index is 13.2. The van der Waals surface area contributed by atoms with Gasteiger partial charge < -0.3 is 10.3 Å². The van der Waals surface area contributed by atoms with E-state index in [0.29, 0.717) is 18.0 Å². The lowest BCUT2D eigenvalue weighted by Gasteiger charge is -2.12. The van der Waals surface area contributed by atoms with E-state index in [1.54, 1.807) is 12.3 Å². The van der Waals surface area contributed by atoms with Crippen molar-refractivity contribution >= 4 is 11.6 Å². The second-order valence-corrected chi connectivity index (χ2v) is 4.99. The van der Waals surface area contributed by atoms with Gasteiger partial charge in [-0.25, -0.2) is 9.37 Å². The Hall–Kier alpha value is -1.39. The fourth-order valence-electron chi connectivity index (χ4n) is 1.90. The maximum absolute atomic E-state index is 13.2. The summed E-state index contributed by atoms with van der Waals surface area (Å²) in [5.41, 5.74) is 6.68. The lowest BCUT2D eigenvalue weighted by Crippen LogP contribution is -2.23. The van der Waals surface area contributed by atoms with Gasteiger partial charge in [0.05, 0.1) is 6.54 Å². The van der Waals surface area contributed by atoms with Crippen LogP contribution in [0.2, 0.25) is 5.02 Å². The third-order valence-electron chi connectivity index (χ3n) is 3.12. The first-order chi connectivity index (χ1) is 9.10. The van der Waals surface area contributed by atoms with Gasteiger partial charge in [0.15, 0.2) is 0 Å². The smallest absolute Gasteiger partial charge is 0.123 e. The molecule has 0 bridgehead atoms. The van der Waals surface area contributed by atoms with Crippen LogP contribution in [0, 0.1) is 5.82 Å². The van der Waals surface area contributed by atoms with Crippen molar-refractivity contribution in [3.8, 4) is 0 Å². The zero-order valence-corrected chi connectivity index (χ0v) is 11.6. The van der Waals surface area contributed by atoms with Crippen LogP contribution in [0.5, 0.6) is 0 Å². The molecule has 0 aliphatic heterocycles. The Morgan fingerprint density at radius 2 is 2.26 bits per heavy atom. The van der Waals surface area contributed by atoms with E-state index >= 15 is 0 Å². The normalized spacial score (nSPS) is 12.6. The van der Waals surface area contributed by atoms with Crippen LogP contribution < -0.4 is 5.73 Å². The maximum Gasteiger partial charge on any atom is 0.123 e. The average molecular weight is 282 g/mol. The number of rotatable bonds is 5. The van der Waals surface area contributed by atoms with Gasteiger partial charge in [0.25, 0.3) is 0 Å². The van der Waals surface area contributed by atoms with Gasteiger partial charge in [0, 0.05) is 29.9 Å². The number of hydrogen-bond acceptors (Lipinski definition) is 2. The number of imidazole rings is 1. The Bertz CT molecular complexity index is 553. The molecule has 0 saturated heterocycles. The summed E-state index contributed by atoms with van der Waals surface area (Å²) in [7, 11) is 0. The Labute approximate surface area is 117 Å². The number of nitrogens with zero attached hydrogens (tertiary/aromatic N) is 2. The van der Waals surface area contributed by atoms with Gasteiger partial charge in [-0.05, 0) is 30.2 Å². The molecule has 2 rings (SSSR count). The molecule has 0 aliphatic rings. The van der Waals surface area contributed by atoms with Gasteiger partial charge in [0.1, 0.15) is 11.6 Å². The molecule has 3 nitrogen and oxygen atoms in total. The van der Waals surface area contributed by atoms with Gasteiger partial charge in [0.2, 0.25) is 0 Å². The van der Waals surface area contributed by atoms with Crippen molar-refractivity contribution in [2.45, 2.75) is 32.4 Å². The highest BCUT2D eigenvalue weighted by atomic mass is 35.5. The summed E-state index contributed by atoms with van der Waals surface area (Å²) in [5.74, 6) is 0.612. The third-order valence-corrected chi connectivity index (χ3v) is 3.49. The SMILES string of the molecule is CCC(N)Cc1nccn1Cc1cc(F)ccc1Cl. The largest absolute Gasteiger partial charge is 0.330 e. The number of aromatic nitrogens is 2. The van der Waals surface area contributed by atoms with Crippen LogP contribution in [0.15, 0.2) is 30.6 Å².